The first-order valence-corrected chi connectivity index (χ1v) is 4.64. The van der Waals surface area contributed by atoms with Crippen LogP contribution in [0.15, 0.2) is 0 Å². The molecule has 5 nitrogen and oxygen atoms in total. The molecule has 0 saturated carbocycles. The fraction of sp³-hybridized carbons (Fsp3) is 0.778. The van der Waals surface area contributed by atoms with Gasteiger partial charge in [0.05, 0.1) is 11.5 Å². The lowest BCUT2D eigenvalue weighted by Crippen LogP contribution is -2.42. The summed E-state index contributed by atoms with van der Waals surface area (Å²) >= 11 is 0. The number of carboxylic acids is 1. The maximum Gasteiger partial charge on any atom is 0.311 e. The van der Waals surface area contributed by atoms with Gasteiger partial charge in [-0.05, 0) is 20.3 Å². The minimum absolute atomic E-state index is 0.171. The van der Waals surface area contributed by atoms with E-state index in [1.165, 1.54) is 4.90 Å². The van der Waals surface area contributed by atoms with Crippen LogP contribution in [0.2, 0.25) is 0 Å². The van der Waals surface area contributed by atoms with Crippen molar-refractivity contribution in [2.75, 3.05) is 13.1 Å². The highest BCUT2D eigenvalue weighted by Gasteiger charge is 2.42. The Morgan fingerprint density at radius 1 is 1.57 bits per heavy atom. The zero-order chi connectivity index (χ0) is 10.9. The summed E-state index contributed by atoms with van der Waals surface area (Å²) in [6, 6.07) is -0.550. The van der Waals surface area contributed by atoms with E-state index in [1.807, 2.05) is 0 Å². The highest BCUT2D eigenvalue weighted by atomic mass is 16.4. The van der Waals surface area contributed by atoms with E-state index in [0.29, 0.717) is 13.0 Å². The Morgan fingerprint density at radius 3 is 2.50 bits per heavy atom. The number of rotatable bonds is 2. The first-order chi connectivity index (χ1) is 6.37. The number of carbonyl (C=O) groups is 2. The molecular formula is C9H16N2O3. The molecule has 1 amide bonds. The Kier molecular flexibility index (Phi) is 2.80. The minimum atomic E-state index is -0.850. The van der Waals surface area contributed by atoms with Gasteiger partial charge in [0.2, 0.25) is 5.91 Å². The Morgan fingerprint density at radius 2 is 2.14 bits per heavy atom. The van der Waals surface area contributed by atoms with Crippen molar-refractivity contribution in [2.45, 2.75) is 26.3 Å². The van der Waals surface area contributed by atoms with Crippen molar-refractivity contribution in [1.29, 1.82) is 0 Å². The number of nitrogens with two attached hydrogens (primary N) is 1. The quantitative estimate of drug-likeness (QED) is 0.638. The molecule has 0 aromatic rings. The molecule has 1 aliphatic rings. The van der Waals surface area contributed by atoms with Gasteiger partial charge in [0.15, 0.2) is 0 Å². The summed E-state index contributed by atoms with van der Waals surface area (Å²) in [4.78, 5) is 23.9. The number of hydrogen-bond acceptors (Lipinski definition) is 3. The maximum absolute atomic E-state index is 11.5. The van der Waals surface area contributed by atoms with Crippen molar-refractivity contribution in [3.05, 3.63) is 0 Å². The normalized spacial score (nSPS) is 28.9. The van der Waals surface area contributed by atoms with E-state index in [2.05, 4.69) is 0 Å². The second-order valence-corrected chi connectivity index (χ2v) is 4.16. The topological polar surface area (TPSA) is 83.6 Å². The summed E-state index contributed by atoms with van der Waals surface area (Å²) in [5.74, 6) is -1.02. The van der Waals surface area contributed by atoms with Crippen LogP contribution >= 0.6 is 0 Å². The molecule has 0 aromatic heterocycles. The summed E-state index contributed by atoms with van der Waals surface area (Å²) in [5, 5.41) is 8.94. The minimum Gasteiger partial charge on any atom is -0.481 e. The van der Waals surface area contributed by atoms with Crippen LogP contribution in [0.5, 0.6) is 0 Å². The molecule has 1 rings (SSSR count). The van der Waals surface area contributed by atoms with Crippen LogP contribution in [0.25, 0.3) is 0 Å². The molecule has 1 aliphatic heterocycles. The molecule has 5 heteroatoms. The molecule has 0 spiro atoms. The summed E-state index contributed by atoms with van der Waals surface area (Å²) in [7, 11) is 0. The number of carboxylic acid groups (broad SMARTS) is 1. The number of likely N-dealkylation sites (tertiary alicyclic amines) is 1. The maximum atomic E-state index is 11.5. The zero-order valence-electron chi connectivity index (χ0n) is 8.49. The summed E-state index contributed by atoms with van der Waals surface area (Å²) in [5.41, 5.74) is 4.64. The van der Waals surface area contributed by atoms with Crippen molar-refractivity contribution >= 4 is 11.9 Å². The highest BCUT2D eigenvalue weighted by molar-refractivity contribution is 5.83. The Bertz CT molecular complexity index is 265. The van der Waals surface area contributed by atoms with Crippen LogP contribution in [0.4, 0.5) is 0 Å². The first kappa shape index (κ1) is 11.0. The lowest BCUT2D eigenvalue weighted by molar-refractivity contribution is -0.147. The van der Waals surface area contributed by atoms with Gasteiger partial charge in [0.1, 0.15) is 0 Å². The fourth-order valence-corrected chi connectivity index (χ4v) is 1.61. The highest BCUT2D eigenvalue weighted by Crippen LogP contribution is 2.30. The third kappa shape index (κ3) is 1.87. The first-order valence-electron chi connectivity index (χ1n) is 4.64. The van der Waals surface area contributed by atoms with Crippen LogP contribution < -0.4 is 5.73 Å². The van der Waals surface area contributed by atoms with Crippen molar-refractivity contribution in [3.8, 4) is 0 Å². The van der Waals surface area contributed by atoms with E-state index in [1.54, 1.807) is 13.8 Å². The second kappa shape index (κ2) is 3.57. The number of hydrogen-bond donors (Lipinski definition) is 2. The van der Waals surface area contributed by atoms with Gasteiger partial charge in [-0.25, -0.2) is 0 Å². The number of amides is 1. The van der Waals surface area contributed by atoms with Crippen molar-refractivity contribution in [2.24, 2.45) is 11.1 Å². The summed E-state index contributed by atoms with van der Waals surface area (Å²) in [6.45, 7) is 4.02. The molecule has 1 fully saturated rings. The van der Waals surface area contributed by atoms with Gasteiger partial charge < -0.3 is 15.7 Å². The molecule has 0 aromatic carbocycles. The molecule has 1 heterocycles. The molecular weight excluding hydrogens is 184 g/mol. The predicted octanol–water partition coefficient (Wildman–Crippen LogP) is -0.343. The third-order valence-corrected chi connectivity index (χ3v) is 2.69. The van der Waals surface area contributed by atoms with Crippen LogP contribution in [0.3, 0.4) is 0 Å². The average molecular weight is 200 g/mol. The molecule has 14 heavy (non-hydrogen) atoms. The largest absolute Gasteiger partial charge is 0.481 e. The molecule has 1 saturated heterocycles. The van der Waals surface area contributed by atoms with E-state index < -0.39 is 17.4 Å². The van der Waals surface area contributed by atoms with Gasteiger partial charge in [-0.1, -0.05) is 0 Å². The Hall–Kier alpha value is -1.10. The average Bonchev–Trinajstić information content (AvgIpc) is 2.48. The standard InChI is InChI=1S/C9H16N2O3/c1-6(10)7(12)11-4-3-9(2,5-11)8(13)14/h6H,3-5,10H2,1-2H3,(H,13,14). The van der Waals surface area contributed by atoms with E-state index in [0.717, 1.165) is 0 Å². The number of nitrogens with zero attached hydrogens (tertiary/aromatic N) is 1. The lowest BCUT2D eigenvalue weighted by atomic mass is 9.90. The third-order valence-electron chi connectivity index (χ3n) is 2.69. The van der Waals surface area contributed by atoms with E-state index in [4.69, 9.17) is 10.8 Å². The van der Waals surface area contributed by atoms with Gasteiger partial charge in [0.25, 0.3) is 0 Å². The Labute approximate surface area is 82.9 Å². The summed E-state index contributed by atoms with van der Waals surface area (Å²) in [6.07, 6.45) is 0.501. The summed E-state index contributed by atoms with van der Waals surface area (Å²) < 4.78 is 0. The van der Waals surface area contributed by atoms with Gasteiger partial charge in [-0.2, -0.15) is 0 Å². The van der Waals surface area contributed by atoms with Crippen molar-refractivity contribution < 1.29 is 14.7 Å². The van der Waals surface area contributed by atoms with Gasteiger partial charge in [-0.3, -0.25) is 9.59 Å². The molecule has 0 bridgehead atoms. The van der Waals surface area contributed by atoms with Crippen LogP contribution in [0.1, 0.15) is 20.3 Å². The zero-order valence-corrected chi connectivity index (χ0v) is 8.49. The van der Waals surface area contributed by atoms with Gasteiger partial charge >= 0.3 is 5.97 Å². The lowest BCUT2D eigenvalue weighted by Gasteiger charge is -2.21. The Balaban J connectivity index is 2.66. The van der Waals surface area contributed by atoms with E-state index >= 15 is 0 Å². The van der Waals surface area contributed by atoms with Gasteiger partial charge in [0, 0.05) is 13.1 Å². The van der Waals surface area contributed by atoms with Crippen molar-refractivity contribution in [1.82, 2.24) is 4.90 Å². The predicted molar refractivity (Wildman–Crippen MR) is 50.6 cm³/mol. The number of carbonyl (C=O) groups excluding carboxylic acids is 1. The van der Waals surface area contributed by atoms with Crippen molar-refractivity contribution in [3.63, 3.8) is 0 Å². The fourth-order valence-electron chi connectivity index (χ4n) is 1.61. The molecule has 80 valence electrons. The SMILES string of the molecule is CC(N)C(=O)N1CCC(C)(C(=O)O)C1. The monoisotopic (exact) mass is 200 g/mol. The molecule has 0 radical (unpaired) electrons. The van der Waals surface area contributed by atoms with Crippen LogP contribution in [0, 0.1) is 5.41 Å². The molecule has 2 atom stereocenters. The molecule has 2 unspecified atom stereocenters. The van der Waals surface area contributed by atoms with Gasteiger partial charge in [-0.15, -0.1) is 0 Å². The molecule has 3 N–H and O–H groups in total. The second-order valence-electron chi connectivity index (χ2n) is 4.16. The number of aliphatic carboxylic acids is 1. The van der Waals surface area contributed by atoms with E-state index in [-0.39, 0.29) is 12.5 Å². The molecule has 0 aliphatic carbocycles. The van der Waals surface area contributed by atoms with E-state index in [9.17, 15) is 9.59 Å². The van der Waals surface area contributed by atoms with Crippen LogP contribution in [-0.2, 0) is 9.59 Å². The van der Waals surface area contributed by atoms with Crippen LogP contribution in [-0.4, -0.2) is 41.0 Å². The smallest absolute Gasteiger partial charge is 0.311 e.